The maximum atomic E-state index is 3.58. The van der Waals surface area contributed by atoms with Gasteiger partial charge in [-0.05, 0) is 181 Å². The van der Waals surface area contributed by atoms with Crippen molar-refractivity contribution in [1.82, 2.24) is 0 Å². The van der Waals surface area contributed by atoms with Crippen LogP contribution in [0.3, 0.4) is 0 Å². The van der Waals surface area contributed by atoms with E-state index in [1.807, 2.05) is 6.08 Å². The summed E-state index contributed by atoms with van der Waals surface area (Å²) in [5.74, 6) is 0. The van der Waals surface area contributed by atoms with Crippen LogP contribution >= 0.6 is 0 Å². The van der Waals surface area contributed by atoms with Gasteiger partial charge in [0.25, 0.3) is 0 Å². The topological polar surface area (TPSA) is 6.48 Å². The summed E-state index contributed by atoms with van der Waals surface area (Å²) in [5, 5.41) is 17.3. The Morgan fingerprint density at radius 2 is 0.806 bits per heavy atom. The first kappa shape index (κ1) is 34.7. The van der Waals surface area contributed by atoms with Crippen LogP contribution in [0.4, 0.5) is 22.7 Å². The van der Waals surface area contributed by atoms with E-state index in [2.05, 4.69) is 222 Å². The van der Waals surface area contributed by atoms with Gasteiger partial charge in [0.2, 0.25) is 0 Å². The van der Waals surface area contributed by atoms with Gasteiger partial charge in [0.1, 0.15) is 0 Å². The monoisotopic (exact) mass is 786 g/mol. The first-order chi connectivity index (χ1) is 30.7. The van der Waals surface area contributed by atoms with Crippen molar-refractivity contribution in [2.75, 3.05) is 9.80 Å². The molecule has 13 rings (SSSR count). The molecule has 0 aliphatic heterocycles. The summed E-state index contributed by atoms with van der Waals surface area (Å²) >= 11 is 0. The number of hydrogen-bond donors (Lipinski definition) is 0. The van der Waals surface area contributed by atoms with Gasteiger partial charge in [-0.2, -0.15) is 0 Å². The summed E-state index contributed by atoms with van der Waals surface area (Å²) in [6.07, 6.45) is 19.7. The predicted molar refractivity (Wildman–Crippen MR) is 266 cm³/mol. The molecule has 10 aromatic rings. The van der Waals surface area contributed by atoms with Crippen molar-refractivity contribution in [2.45, 2.75) is 12.8 Å². The van der Waals surface area contributed by atoms with E-state index in [0.29, 0.717) is 0 Å². The number of rotatable bonds is 6. The number of allylic oxidation sites excluding steroid dienone is 5. The normalized spacial score (nSPS) is 14.0. The Balaban J connectivity index is 1.02. The number of benzene rings is 10. The minimum absolute atomic E-state index is 0.995. The van der Waals surface area contributed by atoms with Gasteiger partial charge in [-0.1, -0.05) is 97.1 Å². The third-order valence-corrected chi connectivity index (χ3v) is 13.0. The lowest BCUT2D eigenvalue weighted by Crippen LogP contribution is -2.20. The van der Waals surface area contributed by atoms with Crippen LogP contribution in [-0.4, -0.2) is 0 Å². The van der Waals surface area contributed by atoms with Gasteiger partial charge < -0.3 is 9.80 Å². The molecule has 0 fully saturated rings. The zero-order valence-electron chi connectivity index (χ0n) is 33.9. The second-order valence-corrected chi connectivity index (χ2v) is 16.7. The molecular weight excluding hydrogens is 749 g/mol. The minimum atomic E-state index is 0.995. The van der Waals surface area contributed by atoms with Crippen molar-refractivity contribution in [3.8, 4) is 0 Å². The number of fused-ring (bicyclic) bond motifs is 8. The Labute approximate surface area is 359 Å². The molecule has 3 aliphatic rings. The van der Waals surface area contributed by atoms with Crippen molar-refractivity contribution in [2.24, 2.45) is 0 Å². The Hall–Kier alpha value is -8.12. The van der Waals surface area contributed by atoms with E-state index < -0.39 is 0 Å². The smallest absolute Gasteiger partial charge is 0.0626 e. The van der Waals surface area contributed by atoms with Gasteiger partial charge >= 0.3 is 0 Å². The highest BCUT2D eigenvalue weighted by Crippen LogP contribution is 2.51. The molecule has 0 saturated heterocycles. The molecule has 0 bridgehead atoms. The fraction of sp³-hybridized carbons (Fsp3) is 0.0333. The van der Waals surface area contributed by atoms with Crippen molar-refractivity contribution < 1.29 is 0 Å². The second kappa shape index (κ2) is 13.7. The van der Waals surface area contributed by atoms with Crippen molar-refractivity contribution in [1.29, 1.82) is 0 Å². The lowest BCUT2D eigenvalue weighted by atomic mass is 9.93. The van der Waals surface area contributed by atoms with E-state index in [0.717, 1.165) is 52.4 Å². The predicted octanol–water partition coefficient (Wildman–Crippen LogP) is 16.5. The quantitative estimate of drug-likeness (QED) is 0.0941. The third kappa shape index (κ3) is 5.53. The average molecular weight is 787 g/mol. The molecule has 3 aliphatic carbocycles. The minimum Gasteiger partial charge on any atom is -0.310 e. The lowest BCUT2D eigenvalue weighted by Gasteiger charge is -2.34. The molecule has 0 atom stereocenters. The summed E-state index contributed by atoms with van der Waals surface area (Å²) in [5.41, 5.74) is 16.0. The molecule has 0 spiro atoms. The van der Waals surface area contributed by atoms with Crippen LogP contribution in [0.1, 0.15) is 24.0 Å². The highest BCUT2D eigenvalue weighted by atomic mass is 15.2. The van der Waals surface area contributed by atoms with E-state index in [-0.39, 0.29) is 0 Å². The average Bonchev–Trinajstić information content (AvgIpc) is 4.04. The SMILES string of the molecule is C1=CC=C(N(c2ccc3cc4cc5ccccc5cc4cc3c2)c2c3c(c(N(C4=CCCC=C4)c4ccc5cc6cc7ccccc7cc6cc5c4)c4ccccc24)C=C=C3)C=1. The van der Waals surface area contributed by atoms with Crippen LogP contribution in [0, 0.1) is 0 Å². The Kier molecular flexibility index (Phi) is 7.68. The number of nitrogens with zero attached hydrogens (tertiary/aromatic N) is 2. The third-order valence-electron chi connectivity index (χ3n) is 13.0. The summed E-state index contributed by atoms with van der Waals surface area (Å²) in [6.45, 7) is 0. The summed E-state index contributed by atoms with van der Waals surface area (Å²) in [7, 11) is 0. The van der Waals surface area contributed by atoms with Gasteiger partial charge in [-0.15, -0.1) is 11.5 Å². The van der Waals surface area contributed by atoms with Crippen LogP contribution in [0.25, 0.3) is 87.6 Å². The fourth-order valence-electron chi connectivity index (χ4n) is 10.1. The lowest BCUT2D eigenvalue weighted by molar-refractivity contribution is 0.998. The van der Waals surface area contributed by atoms with Crippen molar-refractivity contribution in [3.63, 3.8) is 0 Å². The number of hydrogen-bond acceptors (Lipinski definition) is 2. The Morgan fingerprint density at radius 1 is 0.371 bits per heavy atom. The standard InChI is InChI=1S/C60H38N2/c1-2-17-51(18-3-1)61(53-27-25-43-33-45-29-39-13-4-6-15-41(39)31-47(45)35-49(43)37-53)59-55-21-10-11-22-56(55)60(58-24-12-23-57(58)59)62(52-19-8-9-20-52)54-28-26-44-34-46-30-40-14-5-7-16-42(40)32-48(46)36-50(44)38-54/h2,4-8,10-11,13-38H,1,3H2. The molecule has 0 heterocycles. The summed E-state index contributed by atoms with van der Waals surface area (Å²) in [6, 6.07) is 58.7. The van der Waals surface area contributed by atoms with Crippen LogP contribution in [-0.2, 0) is 0 Å². The van der Waals surface area contributed by atoms with E-state index in [4.69, 9.17) is 0 Å². The van der Waals surface area contributed by atoms with Gasteiger partial charge in [0.15, 0.2) is 0 Å². The molecule has 2 heteroatoms. The second-order valence-electron chi connectivity index (χ2n) is 16.7. The largest absolute Gasteiger partial charge is 0.310 e. The van der Waals surface area contributed by atoms with Crippen molar-refractivity contribution >= 4 is 110 Å². The fourth-order valence-corrected chi connectivity index (χ4v) is 10.1. The number of anilines is 4. The maximum Gasteiger partial charge on any atom is 0.0626 e. The highest BCUT2D eigenvalue weighted by Gasteiger charge is 2.29. The van der Waals surface area contributed by atoms with Crippen molar-refractivity contribution in [3.05, 3.63) is 228 Å². The molecule has 10 aromatic carbocycles. The molecule has 62 heavy (non-hydrogen) atoms. The zero-order chi connectivity index (χ0) is 40.7. The van der Waals surface area contributed by atoms with Crippen LogP contribution in [0.5, 0.6) is 0 Å². The summed E-state index contributed by atoms with van der Waals surface area (Å²) in [4.78, 5) is 4.92. The van der Waals surface area contributed by atoms with Gasteiger partial charge in [-0.3, -0.25) is 0 Å². The van der Waals surface area contributed by atoms with Gasteiger partial charge in [0, 0.05) is 45.0 Å². The molecule has 0 radical (unpaired) electrons. The molecule has 288 valence electrons. The molecule has 0 amide bonds. The highest BCUT2D eigenvalue weighted by molar-refractivity contribution is 6.15. The molecule has 0 saturated carbocycles. The van der Waals surface area contributed by atoms with Crippen LogP contribution < -0.4 is 9.80 Å². The summed E-state index contributed by atoms with van der Waals surface area (Å²) < 4.78 is 0. The molecule has 0 N–H and O–H groups in total. The molecule has 2 nitrogen and oxygen atoms in total. The first-order valence-corrected chi connectivity index (χ1v) is 21.5. The Morgan fingerprint density at radius 3 is 1.26 bits per heavy atom. The van der Waals surface area contributed by atoms with Gasteiger partial charge in [-0.25, -0.2) is 0 Å². The van der Waals surface area contributed by atoms with E-state index in [1.54, 1.807) is 0 Å². The van der Waals surface area contributed by atoms with E-state index >= 15 is 0 Å². The van der Waals surface area contributed by atoms with Crippen LogP contribution in [0.15, 0.2) is 217 Å². The molecule has 0 unspecified atom stereocenters. The zero-order valence-corrected chi connectivity index (χ0v) is 33.9. The van der Waals surface area contributed by atoms with Gasteiger partial charge in [0.05, 0.1) is 17.1 Å². The molecular formula is C60H38N2. The maximum absolute atomic E-state index is 3.58. The Bertz CT molecular complexity index is 3840. The van der Waals surface area contributed by atoms with Crippen LogP contribution in [0.2, 0.25) is 0 Å². The van der Waals surface area contributed by atoms with E-state index in [9.17, 15) is 0 Å². The van der Waals surface area contributed by atoms with E-state index in [1.165, 1.54) is 81.1 Å². The first-order valence-electron chi connectivity index (χ1n) is 21.5. The molecule has 0 aromatic heterocycles.